The van der Waals surface area contributed by atoms with Gasteiger partial charge in [-0.2, -0.15) is 10.2 Å². The summed E-state index contributed by atoms with van der Waals surface area (Å²) in [5.41, 5.74) is 5.59. The number of hydrogen-bond donors (Lipinski definition) is 5. The Bertz CT molecular complexity index is 1950. The molecule has 0 saturated heterocycles. The largest absolute Gasteiger partial charge is 0.507 e. The summed E-state index contributed by atoms with van der Waals surface area (Å²) >= 11 is 0. The Morgan fingerprint density at radius 3 is 1.81 bits per heavy atom. The molecular formula is C44H55N7O8. The number of carbonyl (C=O) groups is 6. The Morgan fingerprint density at radius 1 is 0.661 bits per heavy atom. The first-order valence-electron chi connectivity index (χ1n) is 20.0. The van der Waals surface area contributed by atoms with E-state index in [0.29, 0.717) is 42.1 Å². The molecular weight excluding hydrogens is 755 g/mol. The predicted molar refractivity (Wildman–Crippen MR) is 222 cm³/mol. The third-order valence-corrected chi connectivity index (χ3v) is 9.42. The molecule has 0 atom stereocenters. The number of azo groups is 1. The van der Waals surface area contributed by atoms with E-state index < -0.39 is 11.8 Å². The van der Waals surface area contributed by atoms with Gasteiger partial charge in [-0.3, -0.25) is 33.7 Å². The molecule has 0 aromatic heterocycles. The van der Waals surface area contributed by atoms with Gasteiger partial charge in [-0.25, -0.2) is 0 Å². The van der Waals surface area contributed by atoms with E-state index in [-0.39, 0.29) is 87.7 Å². The molecule has 4 rings (SSSR count). The number of aryl methyl sites for hydroxylation is 1. The van der Waals surface area contributed by atoms with Crippen LogP contribution in [0.1, 0.15) is 97.8 Å². The highest BCUT2D eigenvalue weighted by atomic mass is 16.5. The highest BCUT2D eigenvalue weighted by molar-refractivity contribution is 6.13. The number of phenols is 1. The minimum atomic E-state index is -0.435. The van der Waals surface area contributed by atoms with Gasteiger partial charge in [-0.15, -0.1) is 0 Å². The summed E-state index contributed by atoms with van der Waals surface area (Å²) in [6.45, 7) is 9.70. The average Bonchev–Trinajstić information content (AvgIpc) is 3.54. The van der Waals surface area contributed by atoms with Crippen molar-refractivity contribution in [1.82, 2.24) is 26.2 Å². The number of nitrogens with zero attached hydrogens (tertiary/aromatic N) is 3. The monoisotopic (exact) mass is 809 g/mol. The second kappa shape index (κ2) is 23.3. The van der Waals surface area contributed by atoms with Crippen LogP contribution in [0.5, 0.6) is 5.75 Å². The molecule has 15 heteroatoms. The number of benzene rings is 3. The van der Waals surface area contributed by atoms with E-state index in [2.05, 4.69) is 71.3 Å². The van der Waals surface area contributed by atoms with Crippen LogP contribution >= 0.6 is 0 Å². The number of phenolic OH excluding ortho intramolecular Hbond substituents is 1. The molecule has 15 nitrogen and oxygen atoms in total. The van der Waals surface area contributed by atoms with Crippen molar-refractivity contribution >= 4 is 46.8 Å². The van der Waals surface area contributed by atoms with Crippen molar-refractivity contribution < 1.29 is 38.6 Å². The molecule has 3 aromatic rings. The number of ether oxygens (including phenoxy) is 1. The van der Waals surface area contributed by atoms with Gasteiger partial charge in [0.1, 0.15) is 5.75 Å². The average molecular weight is 810 g/mol. The summed E-state index contributed by atoms with van der Waals surface area (Å²) in [5, 5.41) is 30.3. The topological polar surface area (TPSA) is 208 Å². The second-order valence-electron chi connectivity index (χ2n) is 14.7. The lowest BCUT2D eigenvalue weighted by atomic mass is 9.90. The molecule has 0 aliphatic carbocycles. The summed E-state index contributed by atoms with van der Waals surface area (Å²) in [6, 6.07) is 18.1. The van der Waals surface area contributed by atoms with Crippen molar-refractivity contribution in [2.75, 3.05) is 39.4 Å². The minimum absolute atomic E-state index is 0.00624. The smallest absolute Gasteiger partial charge is 0.253 e. The fourth-order valence-corrected chi connectivity index (χ4v) is 6.04. The summed E-state index contributed by atoms with van der Waals surface area (Å²) in [5.74, 6) is -0.958. The van der Waals surface area contributed by atoms with Crippen LogP contribution in [0.4, 0.5) is 11.4 Å². The van der Waals surface area contributed by atoms with Gasteiger partial charge < -0.3 is 31.1 Å². The molecule has 1 aliphatic rings. The summed E-state index contributed by atoms with van der Waals surface area (Å²) in [7, 11) is 0. The van der Waals surface area contributed by atoms with Crippen molar-refractivity contribution in [3.63, 3.8) is 0 Å². The Morgan fingerprint density at radius 2 is 1.20 bits per heavy atom. The third kappa shape index (κ3) is 15.2. The molecule has 59 heavy (non-hydrogen) atoms. The SMILES string of the molecule is CC(C)c1cc(CCCC(=O)NCc2ccc(/N=N/c3ccc(C(=O)NCCNC(=O)CCOCCNC(=O)CCN4C(=O)C=CC4=O)cc3)cc2)cc(C(C)C)c1O. The Labute approximate surface area is 345 Å². The zero-order chi connectivity index (χ0) is 42.7. The molecule has 0 spiro atoms. The van der Waals surface area contributed by atoms with E-state index in [1.165, 1.54) is 12.2 Å². The molecule has 0 saturated carbocycles. The van der Waals surface area contributed by atoms with Crippen LogP contribution in [-0.4, -0.2) is 84.8 Å². The normalized spacial score (nSPS) is 12.5. The number of nitrogens with one attached hydrogen (secondary N) is 4. The highest BCUT2D eigenvalue weighted by Gasteiger charge is 2.23. The molecule has 3 aromatic carbocycles. The molecule has 1 aliphatic heterocycles. The highest BCUT2D eigenvalue weighted by Crippen LogP contribution is 2.35. The lowest BCUT2D eigenvalue weighted by Crippen LogP contribution is -2.36. The molecule has 0 fully saturated rings. The number of carbonyl (C=O) groups excluding carboxylic acids is 6. The van der Waals surface area contributed by atoms with Crippen molar-refractivity contribution in [2.45, 2.75) is 78.2 Å². The lowest BCUT2D eigenvalue weighted by molar-refractivity contribution is -0.137. The maximum atomic E-state index is 12.6. The van der Waals surface area contributed by atoms with Gasteiger partial charge in [-0.1, -0.05) is 52.0 Å². The van der Waals surface area contributed by atoms with Gasteiger partial charge >= 0.3 is 0 Å². The lowest BCUT2D eigenvalue weighted by Gasteiger charge is -2.17. The van der Waals surface area contributed by atoms with Crippen LogP contribution in [0.25, 0.3) is 0 Å². The van der Waals surface area contributed by atoms with Gasteiger partial charge in [0.05, 0.1) is 24.6 Å². The molecule has 0 bridgehead atoms. The number of imide groups is 1. The number of rotatable bonds is 23. The van der Waals surface area contributed by atoms with Crippen LogP contribution in [0.2, 0.25) is 0 Å². The van der Waals surface area contributed by atoms with Gasteiger partial charge in [-0.05, 0) is 83.3 Å². The second-order valence-corrected chi connectivity index (χ2v) is 14.7. The van der Waals surface area contributed by atoms with Crippen LogP contribution in [0.15, 0.2) is 83.0 Å². The van der Waals surface area contributed by atoms with Gasteiger partial charge in [0.2, 0.25) is 17.7 Å². The number of hydrogen-bond acceptors (Lipinski definition) is 10. The first-order valence-corrected chi connectivity index (χ1v) is 20.0. The Balaban J connectivity index is 1.05. The fraction of sp³-hybridized carbons (Fsp3) is 0.409. The summed E-state index contributed by atoms with van der Waals surface area (Å²) < 4.78 is 5.37. The van der Waals surface area contributed by atoms with Crippen LogP contribution in [0, 0.1) is 0 Å². The number of amides is 6. The molecule has 5 N–H and O–H groups in total. The van der Waals surface area contributed by atoms with E-state index in [4.69, 9.17) is 4.74 Å². The van der Waals surface area contributed by atoms with E-state index in [9.17, 15) is 33.9 Å². The van der Waals surface area contributed by atoms with Crippen molar-refractivity contribution in [3.8, 4) is 5.75 Å². The van der Waals surface area contributed by atoms with E-state index in [1.54, 1.807) is 24.3 Å². The maximum Gasteiger partial charge on any atom is 0.253 e. The standard InChI is InChI=1S/C44H55N7O8/c1-29(2)36-26-32(27-37(30(3)4)43(36)57)6-5-7-38(52)48-28-31-8-12-34(13-9-31)49-50-35-14-10-33(11-15-35)44(58)47-21-20-45-40(54)19-24-59-25-22-46-39(53)18-23-51-41(55)16-17-42(51)56/h8-17,26-27,29-30,57H,5-7,18-25,28H2,1-4H3,(H,45,54)(H,46,53)(H,47,58)(H,48,52)/b50-49+. The van der Waals surface area contributed by atoms with Gasteiger partial charge in [0.25, 0.3) is 17.7 Å². The number of aromatic hydroxyl groups is 1. The van der Waals surface area contributed by atoms with Gasteiger partial charge in [0, 0.05) is 69.7 Å². The van der Waals surface area contributed by atoms with Crippen molar-refractivity contribution in [1.29, 1.82) is 0 Å². The first-order chi connectivity index (χ1) is 28.3. The molecule has 0 unspecified atom stereocenters. The minimum Gasteiger partial charge on any atom is -0.507 e. The predicted octanol–water partition coefficient (Wildman–Crippen LogP) is 5.38. The van der Waals surface area contributed by atoms with Crippen LogP contribution in [0.3, 0.4) is 0 Å². The van der Waals surface area contributed by atoms with E-state index >= 15 is 0 Å². The van der Waals surface area contributed by atoms with Crippen molar-refractivity contribution in [3.05, 3.63) is 101 Å². The molecule has 6 amide bonds. The first kappa shape index (κ1) is 45.5. The zero-order valence-corrected chi connectivity index (χ0v) is 34.2. The maximum absolute atomic E-state index is 12.6. The summed E-state index contributed by atoms with van der Waals surface area (Å²) in [6.07, 6.45) is 4.30. The Hall–Kier alpha value is -6.22. The Kier molecular flexibility index (Phi) is 17.9. The third-order valence-electron chi connectivity index (χ3n) is 9.42. The van der Waals surface area contributed by atoms with E-state index in [1.807, 2.05) is 24.3 Å². The van der Waals surface area contributed by atoms with E-state index in [0.717, 1.165) is 33.6 Å². The zero-order valence-electron chi connectivity index (χ0n) is 34.2. The molecule has 314 valence electrons. The summed E-state index contributed by atoms with van der Waals surface area (Å²) in [4.78, 5) is 73.1. The quantitative estimate of drug-likeness (QED) is 0.0477. The molecule has 1 heterocycles. The van der Waals surface area contributed by atoms with Crippen LogP contribution in [-0.2, 0) is 41.7 Å². The van der Waals surface area contributed by atoms with Gasteiger partial charge in [0.15, 0.2) is 0 Å². The van der Waals surface area contributed by atoms with Crippen LogP contribution < -0.4 is 21.3 Å². The molecule has 0 radical (unpaired) electrons. The fourth-order valence-electron chi connectivity index (χ4n) is 6.04. The van der Waals surface area contributed by atoms with Crippen molar-refractivity contribution in [2.24, 2.45) is 10.2 Å².